The van der Waals surface area contributed by atoms with Gasteiger partial charge in [-0.15, -0.1) is 0 Å². The van der Waals surface area contributed by atoms with Gasteiger partial charge in [-0.05, 0) is 81.8 Å². The van der Waals surface area contributed by atoms with Crippen molar-refractivity contribution in [2.45, 2.75) is 78.1 Å². The van der Waals surface area contributed by atoms with Crippen LogP contribution in [0.15, 0.2) is 72.6 Å². The summed E-state index contributed by atoms with van der Waals surface area (Å²) in [5, 5.41) is 2.68. The zero-order valence-corrected chi connectivity index (χ0v) is 31.3. The second kappa shape index (κ2) is 15.4. The maximum absolute atomic E-state index is 13.6. The molecule has 3 N–H and O–H groups in total. The summed E-state index contributed by atoms with van der Waals surface area (Å²) < 4.78 is 10.4. The maximum atomic E-state index is 13.6. The Morgan fingerprint density at radius 3 is 2.00 bits per heavy atom. The van der Waals surface area contributed by atoms with E-state index in [-0.39, 0.29) is 30.0 Å². The van der Waals surface area contributed by atoms with Gasteiger partial charge in [0.2, 0.25) is 5.91 Å². The average Bonchev–Trinajstić information content (AvgIpc) is 3.95. The summed E-state index contributed by atoms with van der Waals surface area (Å²) in [5.41, 5.74) is 5.85. The molecule has 3 atom stereocenters. The van der Waals surface area contributed by atoms with Crippen LogP contribution in [0.25, 0.3) is 22.5 Å². The third-order valence-corrected chi connectivity index (χ3v) is 9.28. The van der Waals surface area contributed by atoms with Gasteiger partial charge >= 0.3 is 12.2 Å². The molecule has 0 bridgehead atoms. The first kappa shape index (κ1) is 36.9. The minimum atomic E-state index is -0.725. The number of hydrogen-bond donors (Lipinski definition) is 3. The molecule has 53 heavy (non-hydrogen) atoms. The standard InChI is InChI=1S/C41H47N7O5/c1-25(2)35(46-39(50)52-7)38(49)48-24-26(3)21-34(48)37-43-23-32(45-37)30-18-14-28(15-19-30)11-10-27-12-16-29(17-13-27)31-22-42-36(44-31)33-9-8-20-47(33)40(51)53-41(4,5)6/h12-19,21-23,25,33-35H,8-9,20,24H2,1-7H3,(H,42,44)(H,43,45)(H,46,50)/t33-,34-,35-/m0/s1. The minimum Gasteiger partial charge on any atom is -0.453 e. The van der Waals surface area contributed by atoms with Gasteiger partial charge < -0.3 is 29.7 Å². The van der Waals surface area contributed by atoms with E-state index in [1.54, 1.807) is 22.2 Å². The topological polar surface area (TPSA) is 146 Å². The van der Waals surface area contributed by atoms with E-state index in [9.17, 15) is 14.4 Å². The van der Waals surface area contributed by atoms with E-state index < -0.39 is 17.7 Å². The largest absolute Gasteiger partial charge is 0.453 e. The first-order chi connectivity index (χ1) is 25.3. The first-order valence-corrected chi connectivity index (χ1v) is 17.9. The van der Waals surface area contributed by atoms with E-state index in [0.29, 0.717) is 18.9 Å². The van der Waals surface area contributed by atoms with Crippen LogP contribution >= 0.6 is 0 Å². The molecule has 4 aromatic rings. The fourth-order valence-electron chi connectivity index (χ4n) is 6.59. The number of hydrogen-bond acceptors (Lipinski definition) is 7. The number of alkyl carbamates (subject to hydrolysis) is 1. The summed E-state index contributed by atoms with van der Waals surface area (Å²) in [4.78, 5) is 57.9. The number of carbonyl (C=O) groups is 3. The lowest BCUT2D eigenvalue weighted by molar-refractivity contribution is -0.135. The number of H-pyrrole nitrogens is 2. The number of rotatable bonds is 7. The number of methoxy groups -OCH3 is 1. The van der Waals surface area contributed by atoms with Crippen LogP contribution in [0.2, 0.25) is 0 Å². The molecule has 0 aliphatic carbocycles. The SMILES string of the molecule is COC(=O)N[C@H](C(=O)N1CC(C)=C[C@H]1c1ncc(-c2ccc(C#Cc3ccc(-c4cnc([C@@H]5CCCN5C(=O)OC(C)(C)C)[nH]4)cc3)cc2)[nH]1)C(C)C. The van der Waals surface area contributed by atoms with Gasteiger partial charge in [0, 0.05) is 24.2 Å². The second-order valence-corrected chi connectivity index (χ2v) is 14.9. The Kier molecular flexibility index (Phi) is 10.7. The van der Waals surface area contributed by atoms with Crippen molar-refractivity contribution in [1.82, 2.24) is 35.1 Å². The molecule has 2 aromatic heterocycles. The lowest BCUT2D eigenvalue weighted by Gasteiger charge is -2.30. The van der Waals surface area contributed by atoms with E-state index >= 15 is 0 Å². The van der Waals surface area contributed by atoms with Crippen LogP contribution in [0.5, 0.6) is 0 Å². The molecule has 3 amide bonds. The quantitative estimate of drug-likeness (QED) is 0.136. The van der Waals surface area contributed by atoms with Gasteiger partial charge in [-0.1, -0.05) is 61.6 Å². The van der Waals surface area contributed by atoms with Gasteiger partial charge in [-0.25, -0.2) is 19.6 Å². The predicted octanol–water partition coefficient (Wildman–Crippen LogP) is 7.15. The van der Waals surface area contributed by atoms with Gasteiger partial charge in [0.05, 0.1) is 36.9 Å². The molecule has 6 rings (SSSR count). The fourth-order valence-corrected chi connectivity index (χ4v) is 6.59. The number of benzene rings is 2. The van der Waals surface area contributed by atoms with E-state index in [1.807, 2.05) is 96.1 Å². The van der Waals surface area contributed by atoms with Crippen LogP contribution in [-0.2, 0) is 14.3 Å². The summed E-state index contributed by atoms with van der Waals surface area (Å²) in [6, 6.07) is 14.6. The summed E-state index contributed by atoms with van der Waals surface area (Å²) >= 11 is 0. The molecule has 1 fully saturated rings. The number of amides is 3. The van der Waals surface area contributed by atoms with Crippen LogP contribution in [0.4, 0.5) is 9.59 Å². The molecule has 276 valence electrons. The number of aromatic nitrogens is 4. The van der Waals surface area contributed by atoms with Crippen molar-refractivity contribution >= 4 is 18.1 Å². The molecular weight excluding hydrogens is 670 g/mol. The summed E-state index contributed by atoms with van der Waals surface area (Å²) in [5.74, 6) is 7.57. The van der Waals surface area contributed by atoms with Crippen LogP contribution in [0.3, 0.4) is 0 Å². The molecule has 0 unspecified atom stereocenters. The minimum absolute atomic E-state index is 0.130. The maximum Gasteiger partial charge on any atom is 0.410 e. The molecule has 4 heterocycles. The fraction of sp³-hybridized carbons (Fsp3) is 0.390. The molecule has 0 saturated carbocycles. The zero-order chi connectivity index (χ0) is 37.9. The highest BCUT2D eigenvalue weighted by Gasteiger charge is 2.37. The number of nitrogens with one attached hydrogen (secondary N) is 3. The van der Waals surface area contributed by atoms with Crippen molar-refractivity contribution in [1.29, 1.82) is 0 Å². The van der Waals surface area contributed by atoms with Crippen molar-refractivity contribution < 1.29 is 23.9 Å². The van der Waals surface area contributed by atoms with Gasteiger partial charge in [-0.3, -0.25) is 9.69 Å². The molecule has 12 nitrogen and oxygen atoms in total. The smallest absolute Gasteiger partial charge is 0.410 e. The van der Waals surface area contributed by atoms with Crippen LogP contribution in [-0.4, -0.2) is 79.7 Å². The highest BCUT2D eigenvalue weighted by molar-refractivity contribution is 5.87. The monoisotopic (exact) mass is 717 g/mol. The Balaban J connectivity index is 1.09. The van der Waals surface area contributed by atoms with Crippen LogP contribution in [0.1, 0.15) is 89.2 Å². The molecular formula is C41H47N7O5. The first-order valence-electron chi connectivity index (χ1n) is 17.9. The van der Waals surface area contributed by atoms with E-state index in [4.69, 9.17) is 9.47 Å². The Morgan fingerprint density at radius 1 is 0.887 bits per heavy atom. The predicted molar refractivity (Wildman–Crippen MR) is 201 cm³/mol. The number of ether oxygens (including phenoxy) is 2. The van der Waals surface area contributed by atoms with Gasteiger partial charge in [0.1, 0.15) is 29.3 Å². The van der Waals surface area contributed by atoms with Crippen LogP contribution in [0, 0.1) is 17.8 Å². The Bertz CT molecular complexity index is 2040. The van der Waals surface area contributed by atoms with E-state index in [1.165, 1.54) is 7.11 Å². The van der Waals surface area contributed by atoms with Gasteiger partial charge in [0.15, 0.2) is 0 Å². The third-order valence-electron chi connectivity index (χ3n) is 9.28. The van der Waals surface area contributed by atoms with Crippen molar-refractivity contribution in [2.24, 2.45) is 5.92 Å². The van der Waals surface area contributed by atoms with Crippen molar-refractivity contribution in [3.05, 3.63) is 95.3 Å². The third kappa shape index (κ3) is 8.63. The summed E-state index contributed by atoms with van der Waals surface area (Å²) in [6.45, 7) is 12.5. The molecule has 12 heteroatoms. The zero-order valence-electron chi connectivity index (χ0n) is 31.3. The Morgan fingerprint density at radius 2 is 1.45 bits per heavy atom. The summed E-state index contributed by atoms with van der Waals surface area (Å²) in [6.07, 6.45) is 6.37. The average molecular weight is 718 g/mol. The molecule has 0 spiro atoms. The summed E-state index contributed by atoms with van der Waals surface area (Å²) in [7, 11) is 1.28. The number of nitrogens with zero attached hydrogens (tertiary/aromatic N) is 4. The molecule has 2 aromatic carbocycles. The van der Waals surface area contributed by atoms with Gasteiger partial charge in [-0.2, -0.15) is 0 Å². The number of imidazole rings is 2. The number of carbonyl (C=O) groups excluding carboxylic acids is 3. The molecule has 1 saturated heterocycles. The normalized spacial score (nSPS) is 17.6. The lowest BCUT2D eigenvalue weighted by Crippen LogP contribution is -2.51. The van der Waals surface area contributed by atoms with Gasteiger partial charge in [0.25, 0.3) is 0 Å². The van der Waals surface area contributed by atoms with Crippen molar-refractivity contribution in [3.8, 4) is 34.4 Å². The number of aromatic amines is 2. The molecule has 2 aliphatic heterocycles. The van der Waals surface area contributed by atoms with E-state index in [0.717, 1.165) is 57.9 Å². The highest BCUT2D eigenvalue weighted by atomic mass is 16.6. The molecule has 2 aliphatic rings. The Hall–Kier alpha value is -5.83. The molecule has 0 radical (unpaired) electrons. The lowest BCUT2D eigenvalue weighted by atomic mass is 10.0. The van der Waals surface area contributed by atoms with Crippen molar-refractivity contribution in [3.63, 3.8) is 0 Å². The second-order valence-electron chi connectivity index (χ2n) is 14.9. The highest BCUT2D eigenvalue weighted by Crippen LogP contribution is 2.34. The number of likely N-dealkylation sites (tertiary alicyclic amines) is 1. The van der Waals surface area contributed by atoms with Crippen LogP contribution < -0.4 is 5.32 Å². The van der Waals surface area contributed by atoms with E-state index in [2.05, 4.69) is 37.1 Å². The van der Waals surface area contributed by atoms with Crippen molar-refractivity contribution in [2.75, 3.05) is 20.2 Å². The Labute approximate surface area is 310 Å².